The van der Waals surface area contributed by atoms with Gasteiger partial charge in [-0.15, -0.1) is 11.3 Å². The Kier molecular flexibility index (Phi) is 3.44. The summed E-state index contributed by atoms with van der Waals surface area (Å²) in [7, 11) is 1.63. The number of nitrogen functional groups attached to an aromatic ring is 1. The molecule has 2 aromatic rings. The highest BCUT2D eigenvalue weighted by Crippen LogP contribution is 2.33. The Hall–Kier alpha value is -1.40. The van der Waals surface area contributed by atoms with Crippen molar-refractivity contribution in [3.05, 3.63) is 16.8 Å². The summed E-state index contributed by atoms with van der Waals surface area (Å²) in [4.78, 5) is 5.44. The quantitative estimate of drug-likeness (QED) is 0.906. The van der Waals surface area contributed by atoms with E-state index in [0.29, 0.717) is 16.7 Å². The van der Waals surface area contributed by atoms with Gasteiger partial charge in [0.25, 0.3) is 5.89 Å². The molecule has 5 nitrogen and oxygen atoms in total. The SMILES string of the molecule is CCC(OC)c1noc(-c2cc(C)sc2N)n1. The van der Waals surface area contributed by atoms with Crippen LogP contribution in [-0.4, -0.2) is 17.3 Å². The molecule has 0 aliphatic rings. The molecule has 0 bridgehead atoms. The van der Waals surface area contributed by atoms with E-state index < -0.39 is 0 Å². The standard InChI is InChI=1S/C11H15N3O2S/c1-4-8(15-3)10-13-11(16-14-10)7-5-6(2)17-9(7)12/h5,8H,4,12H2,1-3H3. The van der Waals surface area contributed by atoms with Crippen LogP contribution in [0.2, 0.25) is 0 Å². The molecule has 0 saturated heterocycles. The monoisotopic (exact) mass is 253 g/mol. The lowest BCUT2D eigenvalue weighted by molar-refractivity contribution is 0.0903. The molecule has 0 fully saturated rings. The molecule has 2 N–H and O–H groups in total. The Balaban J connectivity index is 2.32. The van der Waals surface area contributed by atoms with Gasteiger partial charge in [0.2, 0.25) is 5.82 Å². The highest BCUT2D eigenvalue weighted by Gasteiger charge is 2.19. The number of aromatic nitrogens is 2. The molecule has 2 rings (SSSR count). The molecule has 0 aromatic carbocycles. The summed E-state index contributed by atoms with van der Waals surface area (Å²) in [6.45, 7) is 4.00. The minimum Gasteiger partial charge on any atom is -0.390 e. The first-order valence-corrected chi connectivity index (χ1v) is 6.20. The summed E-state index contributed by atoms with van der Waals surface area (Å²) in [5.74, 6) is 1.02. The molecule has 2 heterocycles. The van der Waals surface area contributed by atoms with Crippen molar-refractivity contribution in [3.63, 3.8) is 0 Å². The molecule has 0 radical (unpaired) electrons. The molecular weight excluding hydrogens is 238 g/mol. The average molecular weight is 253 g/mol. The van der Waals surface area contributed by atoms with Crippen LogP contribution in [0.15, 0.2) is 10.6 Å². The van der Waals surface area contributed by atoms with E-state index in [-0.39, 0.29) is 6.10 Å². The Morgan fingerprint density at radius 3 is 2.88 bits per heavy atom. The Morgan fingerprint density at radius 1 is 1.59 bits per heavy atom. The number of hydrogen-bond donors (Lipinski definition) is 1. The van der Waals surface area contributed by atoms with Gasteiger partial charge in [-0.05, 0) is 19.4 Å². The maximum Gasteiger partial charge on any atom is 0.261 e. The highest BCUT2D eigenvalue weighted by molar-refractivity contribution is 7.16. The number of methoxy groups -OCH3 is 1. The molecule has 17 heavy (non-hydrogen) atoms. The van der Waals surface area contributed by atoms with Crippen LogP contribution in [0.3, 0.4) is 0 Å². The number of aryl methyl sites for hydroxylation is 1. The van der Waals surface area contributed by atoms with E-state index in [0.717, 1.165) is 16.9 Å². The van der Waals surface area contributed by atoms with Gasteiger partial charge in [0.1, 0.15) is 6.10 Å². The van der Waals surface area contributed by atoms with Crippen LogP contribution in [0.25, 0.3) is 11.5 Å². The van der Waals surface area contributed by atoms with Gasteiger partial charge >= 0.3 is 0 Å². The summed E-state index contributed by atoms with van der Waals surface area (Å²) in [6, 6.07) is 1.95. The summed E-state index contributed by atoms with van der Waals surface area (Å²) >= 11 is 1.51. The van der Waals surface area contributed by atoms with E-state index >= 15 is 0 Å². The van der Waals surface area contributed by atoms with Crippen molar-refractivity contribution >= 4 is 16.3 Å². The number of ether oxygens (including phenoxy) is 1. The van der Waals surface area contributed by atoms with Crippen molar-refractivity contribution in [1.29, 1.82) is 0 Å². The second-order valence-electron chi connectivity index (χ2n) is 3.73. The van der Waals surface area contributed by atoms with Crippen molar-refractivity contribution < 1.29 is 9.26 Å². The fraction of sp³-hybridized carbons (Fsp3) is 0.455. The first-order valence-electron chi connectivity index (χ1n) is 5.38. The minimum atomic E-state index is -0.131. The van der Waals surface area contributed by atoms with E-state index in [1.807, 2.05) is 19.9 Å². The fourth-order valence-electron chi connectivity index (χ4n) is 1.63. The number of hydrogen-bond acceptors (Lipinski definition) is 6. The van der Waals surface area contributed by atoms with Crippen molar-refractivity contribution in [1.82, 2.24) is 10.1 Å². The third kappa shape index (κ3) is 2.32. The zero-order valence-corrected chi connectivity index (χ0v) is 10.9. The predicted molar refractivity (Wildman–Crippen MR) is 66.8 cm³/mol. The van der Waals surface area contributed by atoms with Gasteiger partial charge in [-0.3, -0.25) is 0 Å². The average Bonchev–Trinajstić information content (AvgIpc) is 2.87. The van der Waals surface area contributed by atoms with E-state index in [2.05, 4.69) is 10.1 Å². The van der Waals surface area contributed by atoms with Crippen LogP contribution >= 0.6 is 11.3 Å². The normalized spacial score (nSPS) is 12.9. The number of anilines is 1. The van der Waals surface area contributed by atoms with Crippen LogP contribution in [0.4, 0.5) is 5.00 Å². The summed E-state index contributed by atoms with van der Waals surface area (Å²) in [6.07, 6.45) is 0.668. The van der Waals surface area contributed by atoms with Crippen molar-refractivity contribution in [2.75, 3.05) is 12.8 Å². The fourth-order valence-corrected chi connectivity index (χ4v) is 2.41. The molecule has 0 saturated carbocycles. The first-order chi connectivity index (χ1) is 8.15. The molecule has 92 valence electrons. The predicted octanol–water partition coefficient (Wildman–Crippen LogP) is 2.79. The van der Waals surface area contributed by atoms with Crippen molar-refractivity contribution in [3.8, 4) is 11.5 Å². The number of nitrogens with zero attached hydrogens (tertiary/aromatic N) is 2. The maximum absolute atomic E-state index is 5.88. The molecule has 0 aliphatic carbocycles. The van der Waals surface area contributed by atoms with Gasteiger partial charge in [0.15, 0.2) is 0 Å². The van der Waals surface area contributed by atoms with Crippen molar-refractivity contribution in [2.45, 2.75) is 26.4 Å². The topological polar surface area (TPSA) is 74.2 Å². The number of thiophene rings is 1. The minimum absolute atomic E-state index is 0.131. The molecule has 1 atom stereocenters. The van der Waals surface area contributed by atoms with Crippen LogP contribution in [0.1, 0.15) is 30.2 Å². The van der Waals surface area contributed by atoms with Gasteiger partial charge in [0, 0.05) is 12.0 Å². The van der Waals surface area contributed by atoms with Gasteiger partial charge in [-0.1, -0.05) is 12.1 Å². The lowest BCUT2D eigenvalue weighted by Crippen LogP contribution is -2.01. The second kappa shape index (κ2) is 4.85. The molecule has 0 amide bonds. The first kappa shape index (κ1) is 12.1. The van der Waals surface area contributed by atoms with Crippen LogP contribution < -0.4 is 5.73 Å². The Morgan fingerprint density at radius 2 is 2.35 bits per heavy atom. The van der Waals surface area contributed by atoms with Gasteiger partial charge in [0.05, 0.1) is 10.6 Å². The number of nitrogens with two attached hydrogens (primary N) is 1. The van der Waals surface area contributed by atoms with Crippen LogP contribution in [0.5, 0.6) is 0 Å². The van der Waals surface area contributed by atoms with Gasteiger partial charge < -0.3 is 15.0 Å². The highest BCUT2D eigenvalue weighted by atomic mass is 32.1. The van der Waals surface area contributed by atoms with Crippen LogP contribution in [0, 0.1) is 6.92 Å². The molecule has 6 heteroatoms. The van der Waals surface area contributed by atoms with E-state index in [1.54, 1.807) is 7.11 Å². The van der Waals surface area contributed by atoms with E-state index in [9.17, 15) is 0 Å². The molecule has 0 aliphatic heterocycles. The van der Waals surface area contributed by atoms with E-state index in [1.165, 1.54) is 11.3 Å². The summed E-state index contributed by atoms with van der Waals surface area (Å²) in [5, 5.41) is 4.62. The zero-order valence-electron chi connectivity index (χ0n) is 10.1. The second-order valence-corrected chi connectivity index (χ2v) is 5.01. The summed E-state index contributed by atoms with van der Waals surface area (Å²) < 4.78 is 10.5. The molecular formula is C11H15N3O2S. The van der Waals surface area contributed by atoms with E-state index in [4.69, 9.17) is 15.0 Å². The van der Waals surface area contributed by atoms with Crippen molar-refractivity contribution in [2.24, 2.45) is 0 Å². The Bertz CT molecular complexity index is 503. The molecule has 1 unspecified atom stereocenters. The number of rotatable bonds is 4. The smallest absolute Gasteiger partial charge is 0.261 e. The largest absolute Gasteiger partial charge is 0.390 e. The molecule has 0 spiro atoms. The van der Waals surface area contributed by atoms with Gasteiger partial charge in [-0.2, -0.15) is 4.98 Å². The summed E-state index contributed by atoms with van der Waals surface area (Å²) in [5.41, 5.74) is 6.69. The third-order valence-electron chi connectivity index (χ3n) is 2.50. The molecule has 2 aromatic heterocycles. The van der Waals surface area contributed by atoms with Crippen LogP contribution in [-0.2, 0) is 4.74 Å². The van der Waals surface area contributed by atoms with Gasteiger partial charge in [-0.25, -0.2) is 0 Å². The zero-order chi connectivity index (χ0) is 12.4. The maximum atomic E-state index is 5.88. The lowest BCUT2D eigenvalue weighted by Gasteiger charge is -2.05. The lowest BCUT2D eigenvalue weighted by atomic mass is 10.2. The third-order valence-corrected chi connectivity index (χ3v) is 3.38. The Labute approximate surface area is 104 Å².